The average molecular weight is 423 g/mol. The maximum Gasteiger partial charge on any atom is 0.332 e. The normalized spacial score (nSPS) is 19.6. The van der Waals surface area contributed by atoms with Gasteiger partial charge in [-0.05, 0) is 41.3 Å². The van der Waals surface area contributed by atoms with E-state index in [1.54, 1.807) is 13.2 Å². The van der Waals surface area contributed by atoms with Gasteiger partial charge in [-0.2, -0.15) is 0 Å². The van der Waals surface area contributed by atoms with Crippen molar-refractivity contribution < 1.29 is 19.1 Å². The van der Waals surface area contributed by atoms with Gasteiger partial charge in [-0.1, -0.05) is 50.8 Å². The highest BCUT2D eigenvalue weighted by atomic mass is 16.5. The minimum atomic E-state index is -0.536. The Kier molecular flexibility index (Phi) is 7.47. The Morgan fingerprint density at radius 2 is 2.16 bits per heavy atom. The Balaban J connectivity index is 1.93. The molecule has 0 aromatic heterocycles. The van der Waals surface area contributed by atoms with Crippen LogP contribution in [0.15, 0.2) is 49.1 Å². The molecule has 0 radical (unpaired) electrons. The number of benzene rings is 1. The van der Waals surface area contributed by atoms with Crippen molar-refractivity contribution >= 4 is 29.3 Å². The summed E-state index contributed by atoms with van der Waals surface area (Å²) in [4.78, 5) is 24.5. The van der Waals surface area contributed by atoms with Gasteiger partial charge in [0.25, 0.3) is 0 Å². The lowest BCUT2D eigenvalue weighted by Gasteiger charge is -2.24. The maximum atomic E-state index is 12.4. The van der Waals surface area contributed by atoms with E-state index in [1.165, 1.54) is 6.08 Å². The first kappa shape index (κ1) is 22.6. The van der Waals surface area contributed by atoms with Gasteiger partial charge < -0.3 is 20.1 Å². The van der Waals surface area contributed by atoms with Crippen molar-refractivity contribution in [2.75, 3.05) is 20.3 Å². The van der Waals surface area contributed by atoms with Crippen molar-refractivity contribution in [3.8, 4) is 0 Å². The van der Waals surface area contributed by atoms with Gasteiger partial charge in [0.1, 0.15) is 6.04 Å². The molecule has 2 unspecified atom stereocenters. The van der Waals surface area contributed by atoms with Gasteiger partial charge in [0.2, 0.25) is 5.91 Å². The fraction of sp³-hybridized carbons (Fsp3) is 0.360. The van der Waals surface area contributed by atoms with Crippen LogP contribution in [0.4, 0.5) is 0 Å². The number of fused-ring (bicyclic) bond motifs is 1. The number of ether oxygens (including phenoxy) is 2. The van der Waals surface area contributed by atoms with Crippen molar-refractivity contribution in [3.05, 3.63) is 65.1 Å². The monoisotopic (exact) mass is 422 g/mol. The smallest absolute Gasteiger partial charge is 0.332 e. The average Bonchev–Trinajstić information content (AvgIpc) is 2.78. The molecule has 2 N–H and O–H groups in total. The van der Waals surface area contributed by atoms with Crippen LogP contribution in [-0.2, 0) is 19.1 Å². The standard InChI is InChI=1S/C25H30N2O4/c1-5-23(28)27-24-19(15-30-4)12-10-17-9-11-18(13-20(17)24)21-7-6-8-22(26-21)25(29)31-14-16(2)3/h5-11,13,16,19,22,26H,1,12,14-15H2,2-4H3,(H,27,28). The third-order valence-corrected chi connectivity index (χ3v) is 5.19. The lowest BCUT2D eigenvalue weighted by atomic mass is 9.92. The summed E-state index contributed by atoms with van der Waals surface area (Å²) in [5.41, 5.74) is 2.56. The fourth-order valence-electron chi connectivity index (χ4n) is 3.63. The van der Waals surface area contributed by atoms with Crippen LogP contribution in [0.2, 0.25) is 0 Å². The van der Waals surface area contributed by atoms with Crippen LogP contribution in [0.1, 0.15) is 25.8 Å². The van der Waals surface area contributed by atoms with Crippen LogP contribution in [0, 0.1) is 11.8 Å². The number of hydrogen-bond acceptors (Lipinski definition) is 5. The summed E-state index contributed by atoms with van der Waals surface area (Å²) in [6, 6.07) is 5.53. The van der Waals surface area contributed by atoms with Crippen molar-refractivity contribution in [1.29, 1.82) is 0 Å². The molecule has 1 aromatic carbocycles. The molecule has 164 valence electrons. The predicted molar refractivity (Wildman–Crippen MR) is 122 cm³/mol. The van der Waals surface area contributed by atoms with Gasteiger partial charge in [0, 0.05) is 29.6 Å². The molecule has 0 bridgehead atoms. The van der Waals surface area contributed by atoms with Crippen LogP contribution in [0.3, 0.4) is 0 Å². The number of methoxy groups -OCH3 is 1. The van der Waals surface area contributed by atoms with Crippen LogP contribution in [-0.4, -0.2) is 38.2 Å². The number of amides is 1. The van der Waals surface area contributed by atoms with E-state index in [4.69, 9.17) is 9.47 Å². The Labute approximate surface area is 183 Å². The molecule has 1 heterocycles. The summed E-state index contributed by atoms with van der Waals surface area (Å²) in [6.45, 7) is 8.46. The number of dihydropyridines is 1. The number of carbonyl (C=O) groups excluding carboxylic acids is 2. The quantitative estimate of drug-likeness (QED) is 0.492. The van der Waals surface area contributed by atoms with E-state index in [0.717, 1.165) is 33.8 Å². The predicted octanol–water partition coefficient (Wildman–Crippen LogP) is 1.61. The highest BCUT2D eigenvalue weighted by molar-refractivity contribution is 5.92. The molecular formula is C25H30N2O4. The molecule has 1 aromatic rings. The molecule has 0 saturated carbocycles. The lowest BCUT2D eigenvalue weighted by Crippen LogP contribution is -2.42. The molecule has 0 fully saturated rings. The largest absolute Gasteiger partial charge is 0.464 e. The number of esters is 1. The van der Waals surface area contributed by atoms with E-state index < -0.39 is 6.04 Å². The van der Waals surface area contributed by atoms with Gasteiger partial charge in [0.15, 0.2) is 0 Å². The maximum absolute atomic E-state index is 12.4. The third kappa shape index (κ3) is 5.52. The van der Waals surface area contributed by atoms with E-state index in [1.807, 2.05) is 44.2 Å². The summed E-state index contributed by atoms with van der Waals surface area (Å²) in [7, 11) is 1.65. The number of rotatable bonds is 8. The highest BCUT2D eigenvalue weighted by Crippen LogP contribution is 2.19. The molecule has 3 rings (SSSR count). The molecule has 6 heteroatoms. The van der Waals surface area contributed by atoms with Crippen molar-refractivity contribution in [1.82, 2.24) is 10.6 Å². The topological polar surface area (TPSA) is 76.7 Å². The Morgan fingerprint density at radius 3 is 2.87 bits per heavy atom. The van der Waals surface area contributed by atoms with E-state index in [-0.39, 0.29) is 23.7 Å². The van der Waals surface area contributed by atoms with Crippen LogP contribution < -0.4 is 21.1 Å². The first-order chi connectivity index (χ1) is 14.9. The van der Waals surface area contributed by atoms with Gasteiger partial charge >= 0.3 is 5.97 Å². The van der Waals surface area contributed by atoms with Gasteiger partial charge in [-0.3, -0.25) is 4.79 Å². The highest BCUT2D eigenvalue weighted by Gasteiger charge is 2.22. The molecule has 0 saturated heterocycles. The van der Waals surface area contributed by atoms with Crippen molar-refractivity contribution in [3.63, 3.8) is 0 Å². The first-order valence-corrected chi connectivity index (χ1v) is 10.5. The minimum Gasteiger partial charge on any atom is -0.464 e. The first-order valence-electron chi connectivity index (χ1n) is 10.5. The number of allylic oxidation sites excluding steroid dienone is 2. The molecule has 31 heavy (non-hydrogen) atoms. The van der Waals surface area contributed by atoms with E-state index in [9.17, 15) is 9.59 Å². The Hall–Kier alpha value is -3.12. The second-order valence-corrected chi connectivity index (χ2v) is 8.11. The molecule has 0 spiro atoms. The lowest BCUT2D eigenvalue weighted by molar-refractivity contribution is -0.145. The van der Waals surface area contributed by atoms with Crippen LogP contribution in [0.25, 0.3) is 17.5 Å². The van der Waals surface area contributed by atoms with E-state index in [0.29, 0.717) is 13.2 Å². The summed E-state index contributed by atoms with van der Waals surface area (Å²) < 4.78 is 10.7. The molecule has 1 aliphatic heterocycles. The van der Waals surface area contributed by atoms with Crippen LogP contribution in [0.5, 0.6) is 0 Å². The molecule has 6 nitrogen and oxygen atoms in total. The van der Waals surface area contributed by atoms with E-state index >= 15 is 0 Å². The number of nitrogens with one attached hydrogen (secondary N) is 2. The van der Waals surface area contributed by atoms with Crippen LogP contribution >= 0.6 is 0 Å². The van der Waals surface area contributed by atoms with Crippen molar-refractivity contribution in [2.24, 2.45) is 11.8 Å². The van der Waals surface area contributed by atoms with Gasteiger partial charge in [-0.15, -0.1) is 0 Å². The zero-order valence-corrected chi connectivity index (χ0v) is 18.3. The molecule has 2 aliphatic rings. The molecular weight excluding hydrogens is 392 g/mol. The summed E-state index contributed by atoms with van der Waals surface area (Å²) in [5, 5.41) is 8.22. The van der Waals surface area contributed by atoms with Crippen molar-refractivity contribution in [2.45, 2.75) is 26.3 Å². The minimum absolute atomic E-state index is 0.0450. The third-order valence-electron chi connectivity index (χ3n) is 5.19. The zero-order valence-electron chi connectivity index (χ0n) is 18.3. The van der Waals surface area contributed by atoms with Gasteiger partial charge in [-0.25, -0.2) is 4.79 Å². The SMILES string of the molecule is C=CC(=O)NC1=c2cc(C3=CC=CC(C(=O)OCC(C)C)N3)ccc2=CCC1COC. The number of hydrogen-bond donors (Lipinski definition) is 2. The summed E-state index contributed by atoms with van der Waals surface area (Å²) in [5.74, 6) is -0.223. The summed E-state index contributed by atoms with van der Waals surface area (Å²) in [6.07, 6.45) is 9.77. The Morgan fingerprint density at radius 1 is 1.35 bits per heavy atom. The van der Waals surface area contributed by atoms with E-state index in [2.05, 4.69) is 23.3 Å². The Bertz CT molecular complexity index is 1040. The molecule has 2 atom stereocenters. The zero-order chi connectivity index (χ0) is 22.4. The number of carbonyl (C=O) groups is 2. The second kappa shape index (κ2) is 10.3. The molecule has 1 amide bonds. The fourth-order valence-corrected chi connectivity index (χ4v) is 3.63. The summed E-state index contributed by atoms with van der Waals surface area (Å²) >= 11 is 0. The van der Waals surface area contributed by atoms with Gasteiger partial charge in [0.05, 0.1) is 13.2 Å². The second-order valence-electron chi connectivity index (χ2n) is 8.11. The molecule has 1 aliphatic carbocycles.